The molecule has 0 aliphatic heterocycles. The first-order valence-electron chi connectivity index (χ1n) is 8.07. The average Bonchev–Trinajstić information content (AvgIpc) is 2.93. The van der Waals surface area contributed by atoms with Crippen LogP contribution in [-0.2, 0) is 6.61 Å². The van der Waals surface area contributed by atoms with Crippen LogP contribution in [0, 0.1) is 13.8 Å². The van der Waals surface area contributed by atoms with E-state index in [1.165, 1.54) is 0 Å². The standard InChI is InChI=1S/C18H25N3O2/c1-5-15(6-2)21-13(4)16(10-19-21)18(23)20-17-9-14(11-22)8-7-12(17)3/h7-10,15,22H,5-6,11H2,1-4H3,(H,20,23). The van der Waals surface area contributed by atoms with Gasteiger partial charge in [0.05, 0.1) is 24.4 Å². The number of rotatable bonds is 6. The SMILES string of the molecule is CCC(CC)n1ncc(C(=O)Nc2cc(CO)ccc2C)c1C. The van der Waals surface area contributed by atoms with Crippen molar-refractivity contribution in [2.45, 2.75) is 53.2 Å². The van der Waals surface area contributed by atoms with Gasteiger partial charge in [-0.25, -0.2) is 0 Å². The van der Waals surface area contributed by atoms with Crippen molar-refractivity contribution in [3.8, 4) is 0 Å². The molecule has 0 atom stereocenters. The van der Waals surface area contributed by atoms with Crippen LogP contribution in [0.1, 0.15) is 59.9 Å². The number of carbonyl (C=O) groups is 1. The van der Waals surface area contributed by atoms with Crippen molar-refractivity contribution in [3.05, 3.63) is 46.8 Å². The number of aliphatic hydroxyl groups excluding tert-OH is 1. The molecule has 0 unspecified atom stereocenters. The van der Waals surface area contributed by atoms with E-state index in [-0.39, 0.29) is 12.5 Å². The van der Waals surface area contributed by atoms with E-state index in [2.05, 4.69) is 24.3 Å². The summed E-state index contributed by atoms with van der Waals surface area (Å²) in [5.74, 6) is -0.169. The Morgan fingerprint density at radius 3 is 2.61 bits per heavy atom. The van der Waals surface area contributed by atoms with Crippen LogP contribution in [0.2, 0.25) is 0 Å². The van der Waals surface area contributed by atoms with E-state index in [0.29, 0.717) is 11.6 Å². The lowest BCUT2D eigenvalue weighted by atomic mass is 10.1. The van der Waals surface area contributed by atoms with Crippen LogP contribution >= 0.6 is 0 Å². The predicted molar refractivity (Wildman–Crippen MR) is 91.6 cm³/mol. The van der Waals surface area contributed by atoms with E-state index in [4.69, 9.17) is 0 Å². The Kier molecular flexibility index (Phi) is 5.55. The van der Waals surface area contributed by atoms with Crippen LogP contribution in [0.15, 0.2) is 24.4 Å². The number of aromatic nitrogens is 2. The van der Waals surface area contributed by atoms with Crippen molar-refractivity contribution in [2.24, 2.45) is 0 Å². The monoisotopic (exact) mass is 315 g/mol. The summed E-state index contributed by atoms with van der Waals surface area (Å²) in [5.41, 5.74) is 3.92. The Morgan fingerprint density at radius 2 is 2.00 bits per heavy atom. The smallest absolute Gasteiger partial charge is 0.259 e. The topological polar surface area (TPSA) is 67.2 Å². The van der Waals surface area contributed by atoms with Gasteiger partial charge in [0, 0.05) is 11.4 Å². The molecule has 1 aromatic carbocycles. The molecule has 124 valence electrons. The second kappa shape index (κ2) is 7.42. The minimum atomic E-state index is -0.169. The quantitative estimate of drug-likeness (QED) is 0.856. The molecule has 0 aliphatic rings. The van der Waals surface area contributed by atoms with E-state index in [9.17, 15) is 9.90 Å². The number of nitrogens with zero attached hydrogens (tertiary/aromatic N) is 2. The number of amides is 1. The van der Waals surface area contributed by atoms with E-state index < -0.39 is 0 Å². The van der Waals surface area contributed by atoms with Gasteiger partial charge in [0.2, 0.25) is 0 Å². The molecular formula is C18H25N3O2. The number of nitrogens with one attached hydrogen (secondary N) is 1. The molecule has 0 saturated heterocycles. The molecule has 0 bridgehead atoms. The van der Waals surface area contributed by atoms with E-state index in [1.807, 2.05) is 30.7 Å². The Hall–Kier alpha value is -2.14. The van der Waals surface area contributed by atoms with Crippen LogP contribution in [0.25, 0.3) is 0 Å². The van der Waals surface area contributed by atoms with Crippen molar-refractivity contribution >= 4 is 11.6 Å². The molecule has 2 rings (SSSR count). The van der Waals surface area contributed by atoms with Gasteiger partial charge in [-0.15, -0.1) is 0 Å². The first-order valence-corrected chi connectivity index (χ1v) is 8.07. The fourth-order valence-electron chi connectivity index (χ4n) is 2.74. The summed E-state index contributed by atoms with van der Waals surface area (Å²) in [4.78, 5) is 12.6. The summed E-state index contributed by atoms with van der Waals surface area (Å²) in [5, 5.41) is 16.6. The molecule has 0 aliphatic carbocycles. The highest BCUT2D eigenvalue weighted by molar-refractivity contribution is 6.05. The Labute approximate surface area is 137 Å². The third-order valence-electron chi connectivity index (χ3n) is 4.31. The molecular weight excluding hydrogens is 290 g/mol. The summed E-state index contributed by atoms with van der Waals surface area (Å²) in [7, 11) is 0. The number of carbonyl (C=O) groups excluding carboxylic acids is 1. The maximum atomic E-state index is 12.6. The van der Waals surface area contributed by atoms with E-state index >= 15 is 0 Å². The highest BCUT2D eigenvalue weighted by Gasteiger charge is 2.18. The molecule has 1 amide bonds. The maximum Gasteiger partial charge on any atom is 0.259 e. The Morgan fingerprint density at radius 1 is 1.30 bits per heavy atom. The zero-order chi connectivity index (χ0) is 17.0. The van der Waals surface area contributed by atoms with Gasteiger partial charge in [-0.05, 0) is 43.9 Å². The normalized spacial score (nSPS) is 11.0. The van der Waals surface area contributed by atoms with Crippen LogP contribution in [0.5, 0.6) is 0 Å². The first kappa shape index (κ1) is 17.2. The molecule has 5 nitrogen and oxygen atoms in total. The lowest BCUT2D eigenvalue weighted by Crippen LogP contribution is -2.15. The molecule has 23 heavy (non-hydrogen) atoms. The largest absolute Gasteiger partial charge is 0.392 e. The second-order valence-corrected chi connectivity index (χ2v) is 5.82. The van der Waals surface area contributed by atoms with Crippen LogP contribution in [-0.4, -0.2) is 20.8 Å². The van der Waals surface area contributed by atoms with Gasteiger partial charge in [0.25, 0.3) is 5.91 Å². The molecule has 0 fully saturated rings. The van der Waals surface area contributed by atoms with Gasteiger partial charge in [0.15, 0.2) is 0 Å². The predicted octanol–water partition coefficient (Wildman–Crippen LogP) is 3.61. The van der Waals surface area contributed by atoms with Gasteiger partial charge in [-0.3, -0.25) is 9.48 Å². The lowest BCUT2D eigenvalue weighted by molar-refractivity contribution is 0.102. The van der Waals surface area contributed by atoms with Crippen LogP contribution in [0.3, 0.4) is 0 Å². The van der Waals surface area contributed by atoms with Crippen LogP contribution < -0.4 is 5.32 Å². The zero-order valence-electron chi connectivity index (χ0n) is 14.3. The average molecular weight is 315 g/mol. The van der Waals surface area contributed by atoms with Crippen molar-refractivity contribution in [1.82, 2.24) is 9.78 Å². The van der Waals surface area contributed by atoms with Crippen LogP contribution in [0.4, 0.5) is 5.69 Å². The second-order valence-electron chi connectivity index (χ2n) is 5.82. The highest BCUT2D eigenvalue weighted by atomic mass is 16.3. The zero-order valence-corrected chi connectivity index (χ0v) is 14.3. The van der Waals surface area contributed by atoms with E-state index in [0.717, 1.165) is 35.3 Å². The van der Waals surface area contributed by atoms with Crippen molar-refractivity contribution < 1.29 is 9.90 Å². The minimum Gasteiger partial charge on any atom is -0.392 e. The molecule has 0 radical (unpaired) electrons. The van der Waals surface area contributed by atoms with Gasteiger partial charge >= 0.3 is 0 Å². The van der Waals surface area contributed by atoms with E-state index in [1.54, 1.807) is 12.3 Å². The third kappa shape index (κ3) is 3.62. The fraction of sp³-hybridized carbons (Fsp3) is 0.444. The minimum absolute atomic E-state index is 0.0468. The molecule has 0 saturated carbocycles. The Balaban J connectivity index is 2.25. The van der Waals surface area contributed by atoms with Crippen molar-refractivity contribution in [2.75, 3.05) is 5.32 Å². The third-order valence-corrected chi connectivity index (χ3v) is 4.31. The summed E-state index contributed by atoms with van der Waals surface area (Å²) in [6, 6.07) is 5.85. The number of benzene rings is 1. The number of hydrogen-bond acceptors (Lipinski definition) is 3. The molecule has 0 spiro atoms. The number of hydrogen-bond donors (Lipinski definition) is 2. The number of anilines is 1. The van der Waals surface area contributed by atoms with Gasteiger partial charge in [-0.2, -0.15) is 5.10 Å². The summed E-state index contributed by atoms with van der Waals surface area (Å²) in [6.45, 7) is 8.06. The van der Waals surface area contributed by atoms with Gasteiger partial charge in [0.1, 0.15) is 0 Å². The molecule has 1 heterocycles. The molecule has 1 aromatic heterocycles. The first-order chi connectivity index (χ1) is 11.0. The summed E-state index contributed by atoms with van der Waals surface area (Å²) < 4.78 is 1.94. The van der Waals surface area contributed by atoms with Crippen molar-refractivity contribution in [3.63, 3.8) is 0 Å². The number of aryl methyl sites for hydroxylation is 1. The fourth-order valence-corrected chi connectivity index (χ4v) is 2.74. The maximum absolute atomic E-state index is 12.6. The highest BCUT2D eigenvalue weighted by Crippen LogP contribution is 2.22. The van der Waals surface area contributed by atoms with Gasteiger partial charge in [-0.1, -0.05) is 26.0 Å². The molecule has 2 N–H and O–H groups in total. The lowest BCUT2D eigenvalue weighted by Gasteiger charge is -2.15. The molecule has 2 aromatic rings. The number of aliphatic hydroxyl groups is 1. The van der Waals surface area contributed by atoms with Crippen molar-refractivity contribution in [1.29, 1.82) is 0 Å². The summed E-state index contributed by atoms with van der Waals surface area (Å²) >= 11 is 0. The Bertz CT molecular complexity index is 688. The molecule has 5 heteroatoms. The summed E-state index contributed by atoms with van der Waals surface area (Å²) in [6.07, 6.45) is 3.60. The van der Waals surface area contributed by atoms with Gasteiger partial charge < -0.3 is 10.4 Å².